The number of aliphatic carboxylic acids is 2. The third kappa shape index (κ3) is 7.67. The minimum absolute atomic E-state index is 0. The second-order valence-electron chi connectivity index (χ2n) is 8.40. The van der Waals surface area contributed by atoms with Crippen LogP contribution in [0.5, 0.6) is 11.5 Å². The number of thiazole rings is 1. The Hall–Kier alpha value is -2.76. The van der Waals surface area contributed by atoms with Gasteiger partial charge in [-0.15, -0.1) is 11.3 Å². The SMILES string of the molecule is COc1cc2c(cc1OC)N(CCS(=O)(=O)[O-])/C(=C\C=c1/s/c(=C3/SC(=S)N(CC(=O)O)C3=O)n(CC(=O)O)c1=O)S2.[Li+]. The van der Waals surface area contributed by atoms with E-state index < -0.39 is 52.4 Å². The minimum Gasteiger partial charge on any atom is -0.748 e. The van der Waals surface area contributed by atoms with Crippen molar-refractivity contribution >= 4 is 96.0 Å². The van der Waals surface area contributed by atoms with Crippen LogP contribution < -0.4 is 48.0 Å². The molecule has 0 unspecified atom stereocenters. The van der Waals surface area contributed by atoms with Crippen LogP contribution in [0.1, 0.15) is 0 Å². The van der Waals surface area contributed by atoms with Crippen molar-refractivity contribution < 1.29 is 65.9 Å². The number of allylic oxidation sites excluding steroid dienone is 1. The summed E-state index contributed by atoms with van der Waals surface area (Å²) in [6.07, 6.45) is 2.88. The number of nitrogens with zero attached hydrogens (tertiary/aromatic N) is 3. The molecule has 1 aromatic carbocycles. The molecule has 14 nitrogen and oxygen atoms in total. The van der Waals surface area contributed by atoms with Gasteiger partial charge in [0, 0.05) is 23.6 Å². The second-order valence-corrected chi connectivity index (χ2v) is 13.7. The maximum absolute atomic E-state index is 13.3. The average molecular weight is 682 g/mol. The monoisotopic (exact) mass is 681 g/mol. The van der Waals surface area contributed by atoms with Gasteiger partial charge in [-0.3, -0.25) is 28.6 Å². The van der Waals surface area contributed by atoms with Gasteiger partial charge in [0.2, 0.25) is 0 Å². The fourth-order valence-corrected chi connectivity index (χ4v) is 7.87. The smallest absolute Gasteiger partial charge is 0.748 e. The first-order chi connectivity index (χ1) is 19.7. The van der Waals surface area contributed by atoms with Crippen molar-refractivity contribution in [3.05, 3.63) is 42.8 Å². The summed E-state index contributed by atoms with van der Waals surface area (Å²) >= 11 is 7.89. The molecule has 1 saturated heterocycles. The van der Waals surface area contributed by atoms with Gasteiger partial charge >= 0.3 is 30.8 Å². The molecule has 43 heavy (non-hydrogen) atoms. The van der Waals surface area contributed by atoms with Crippen LogP contribution in [0.3, 0.4) is 0 Å². The van der Waals surface area contributed by atoms with Crippen LogP contribution in [0, 0.1) is 0 Å². The zero-order valence-electron chi connectivity index (χ0n) is 22.6. The number of hydrogen-bond donors (Lipinski definition) is 2. The van der Waals surface area contributed by atoms with Gasteiger partial charge < -0.3 is 29.1 Å². The average Bonchev–Trinajstić information content (AvgIpc) is 3.50. The summed E-state index contributed by atoms with van der Waals surface area (Å²) in [5, 5.41) is 19.0. The summed E-state index contributed by atoms with van der Waals surface area (Å²) in [5.74, 6) is -3.36. The van der Waals surface area contributed by atoms with Crippen LogP contribution in [0.15, 0.2) is 32.9 Å². The van der Waals surface area contributed by atoms with Crippen molar-refractivity contribution in [2.45, 2.75) is 11.4 Å². The maximum atomic E-state index is 13.3. The minimum atomic E-state index is -4.57. The first-order valence-corrected chi connectivity index (χ1v) is 16.0. The van der Waals surface area contributed by atoms with Crippen molar-refractivity contribution in [3.63, 3.8) is 0 Å². The number of benzene rings is 1. The van der Waals surface area contributed by atoms with Gasteiger partial charge in [-0.05, 0) is 12.2 Å². The number of thiocarbonyl (C=S) groups is 1. The van der Waals surface area contributed by atoms with Crippen LogP contribution >= 0.6 is 47.1 Å². The zero-order chi connectivity index (χ0) is 30.9. The number of amides is 1. The van der Waals surface area contributed by atoms with Gasteiger partial charge in [0.25, 0.3) is 11.5 Å². The van der Waals surface area contributed by atoms with E-state index in [2.05, 4.69) is 0 Å². The fraction of sp³-hybridized carbons (Fsp3) is 0.261. The van der Waals surface area contributed by atoms with Crippen molar-refractivity contribution in [3.8, 4) is 11.5 Å². The third-order valence-electron chi connectivity index (χ3n) is 5.72. The van der Waals surface area contributed by atoms with Gasteiger partial charge in [0.15, 0.2) is 11.5 Å². The number of carboxylic acid groups (broad SMARTS) is 2. The number of carbonyl (C=O) groups excluding carboxylic acids is 1. The summed E-state index contributed by atoms with van der Waals surface area (Å²) in [4.78, 5) is 51.9. The molecule has 4 rings (SSSR count). The van der Waals surface area contributed by atoms with E-state index in [-0.39, 0.29) is 43.8 Å². The number of thioether (sulfide) groups is 2. The van der Waals surface area contributed by atoms with Crippen LogP contribution in [0.25, 0.3) is 11.0 Å². The van der Waals surface area contributed by atoms with E-state index in [9.17, 15) is 37.3 Å². The summed E-state index contributed by atoms with van der Waals surface area (Å²) in [7, 11) is -1.70. The van der Waals surface area contributed by atoms with Crippen molar-refractivity contribution in [1.29, 1.82) is 0 Å². The first-order valence-electron chi connectivity index (χ1n) is 11.5. The second kappa shape index (κ2) is 13.9. The van der Waals surface area contributed by atoms with Crippen LogP contribution in [-0.2, 0) is 31.0 Å². The van der Waals surface area contributed by atoms with E-state index in [1.165, 1.54) is 38.1 Å². The van der Waals surface area contributed by atoms with Crippen LogP contribution in [0.2, 0.25) is 0 Å². The Morgan fingerprint density at radius 3 is 2.23 bits per heavy atom. The first kappa shape index (κ1) is 34.7. The van der Waals surface area contributed by atoms with Gasteiger partial charge in [-0.2, -0.15) is 0 Å². The molecule has 20 heteroatoms. The molecule has 0 saturated carbocycles. The number of rotatable bonds is 10. The summed E-state index contributed by atoms with van der Waals surface area (Å²) in [5.41, 5.74) is -0.193. The molecule has 1 aromatic heterocycles. The number of anilines is 1. The Morgan fingerprint density at radius 1 is 1.02 bits per heavy atom. The molecule has 1 fully saturated rings. The van der Waals surface area contributed by atoms with E-state index in [1.807, 2.05) is 0 Å². The third-order valence-corrected chi connectivity index (χ3v) is 10.2. The van der Waals surface area contributed by atoms with Gasteiger partial charge in [-0.1, -0.05) is 35.7 Å². The summed E-state index contributed by atoms with van der Waals surface area (Å²) < 4.78 is 45.8. The van der Waals surface area contributed by atoms with Gasteiger partial charge in [0.05, 0.1) is 45.3 Å². The molecule has 2 aliphatic heterocycles. The predicted octanol–water partition coefficient (Wildman–Crippen LogP) is -3.15. The number of ether oxygens (including phenoxy) is 2. The van der Waals surface area contributed by atoms with Crippen molar-refractivity contribution in [2.75, 3.05) is 38.0 Å². The van der Waals surface area contributed by atoms with E-state index in [0.717, 1.165) is 32.6 Å². The number of hydrogen-bond acceptors (Lipinski definition) is 14. The molecular formula is C23H20LiN3O11S5. The molecule has 0 atom stereocenters. The normalized spacial score (nSPS) is 17.4. The molecule has 2 aromatic rings. The predicted molar refractivity (Wildman–Crippen MR) is 158 cm³/mol. The molecular weight excluding hydrogens is 662 g/mol. The van der Waals surface area contributed by atoms with E-state index in [0.29, 0.717) is 27.1 Å². The Balaban J connectivity index is 0.00000506. The molecule has 2 aliphatic rings. The van der Waals surface area contributed by atoms with Crippen molar-refractivity contribution in [1.82, 2.24) is 9.47 Å². The molecule has 3 heterocycles. The number of fused-ring (bicyclic) bond motifs is 1. The number of aromatic nitrogens is 1. The molecule has 0 aliphatic carbocycles. The largest absolute Gasteiger partial charge is 1.00 e. The number of carboxylic acids is 2. The summed E-state index contributed by atoms with van der Waals surface area (Å²) in [6.45, 7) is -1.68. The van der Waals surface area contributed by atoms with E-state index in [4.69, 9.17) is 26.8 Å². The molecule has 224 valence electrons. The topological polar surface area (TPSA) is 196 Å². The molecule has 0 spiro atoms. The molecule has 0 radical (unpaired) electrons. The molecule has 1 amide bonds. The quantitative estimate of drug-likeness (QED) is 0.145. The van der Waals surface area contributed by atoms with Crippen LogP contribution in [0.4, 0.5) is 5.69 Å². The Bertz CT molecular complexity index is 1840. The van der Waals surface area contributed by atoms with Gasteiger partial charge in [-0.25, -0.2) is 8.42 Å². The van der Waals surface area contributed by atoms with E-state index in [1.54, 1.807) is 17.0 Å². The Labute approximate surface area is 273 Å². The summed E-state index contributed by atoms with van der Waals surface area (Å²) in [6, 6.07) is 3.29. The van der Waals surface area contributed by atoms with Gasteiger partial charge in [0.1, 0.15) is 27.0 Å². The Kier molecular flexibility index (Phi) is 11.2. The fourth-order valence-electron chi connectivity index (χ4n) is 3.91. The van der Waals surface area contributed by atoms with Crippen molar-refractivity contribution in [2.24, 2.45) is 0 Å². The standard InChI is InChI=1S/C23H21N3O11S5.Li/c1-36-12-7-11-15(8-13(12)37-2)39-16(24(11)5-6-42(33,34)35)4-3-14-20(31)25(9-17(27)28)22(40-14)19-21(32)26(10-18(29)30)23(38)41-19;/h3-4,7-8H,5-6,9-10H2,1-2H3,(H,27,28)(H,29,30)(H,33,34,35);/q;+1/p-1/b14-3-,16-4+,22-19+;. The molecule has 0 bridgehead atoms. The van der Waals surface area contributed by atoms with Crippen LogP contribution in [-0.4, -0.2) is 87.9 Å². The number of carbonyl (C=O) groups is 3. The zero-order valence-corrected chi connectivity index (χ0v) is 26.7. The molecule has 2 N–H and O–H groups in total. The van der Waals surface area contributed by atoms with E-state index >= 15 is 0 Å². The number of methoxy groups -OCH3 is 2. The maximum Gasteiger partial charge on any atom is 1.00 e. The Morgan fingerprint density at radius 2 is 1.65 bits per heavy atom.